The molecule has 0 radical (unpaired) electrons. The van der Waals surface area contributed by atoms with Crippen molar-refractivity contribution >= 4 is 5.97 Å². The summed E-state index contributed by atoms with van der Waals surface area (Å²) < 4.78 is 31.1. The Hall–Kier alpha value is -2.17. The quantitative estimate of drug-likeness (QED) is 0.909. The highest BCUT2D eigenvalue weighted by atomic mass is 19.2. The molecule has 0 aliphatic rings. The van der Waals surface area contributed by atoms with Crippen LogP contribution in [-0.2, 0) is 6.42 Å². The minimum absolute atomic E-state index is 0.0106. The SMILES string of the molecule is CCc1coc(-c2ccc(F)c(F)c2)c1C(=O)O. The third-order valence-electron chi connectivity index (χ3n) is 2.64. The molecule has 0 amide bonds. The van der Waals surface area contributed by atoms with Gasteiger partial charge in [-0.3, -0.25) is 0 Å². The molecule has 3 nitrogen and oxygen atoms in total. The van der Waals surface area contributed by atoms with E-state index in [1.165, 1.54) is 12.3 Å². The molecule has 18 heavy (non-hydrogen) atoms. The summed E-state index contributed by atoms with van der Waals surface area (Å²) in [5, 5.41) is 9.12. The predicted molar refractivity (Wildman–Crippen MR) is 60.4 cm³/mol. The minimum atomic E-state index is -1.15. The Morgan fingerprint density at radius 2 is 2.06 bits per heavy atom. The third-order valence-corrected chi connectivity index (χ3v) is 2.64. The van der Waals surface area contributed by atoms with E-state index < -0.39 is 17.6 Å². The van der Waals surface area contributed by atoms with E-state index in [1.807, 2.05) is 0 Å². The molecule has 0 saturated carbocycles. The number of rotatable bonds is 3. The van der Waals surface area contributed by atoms with E-state index in [1.54, 1.807) is 6.92 Å². The number of halogens is 2. The molecule has 2 aromatic rings. The molecule has 1 heterocycles. The van der Waals surface area contributed by atoms with Crippen molar-refractivity contribution in [3.05, 3.63) is 47.2 Å². The Morgan fingerprint density at radius 1 is 1.33 bits per heavy atom. The number of hydrogen-bond acceptors (Lipinski definition) is 2. The van der Waals surface area contributed by atoms with Crippen molar-refractivity contribution in [2.24, 2.45) is 0 Å². The lowest BCUT2D eigenvalue weighted by Crippen LogP contribution is -2.00. The van der Waals surface area contributed by atoms with E-state index in [0.29, 0.717) is 12.0 Å². The van der Waals surface area contributed by atoms with E-state index in [0.717, 1.165) is 12.1 Å². The van der Waals surface area contributed by atoms with Crippen LogP contribution in [-0.4, -0.2) is 11.1 Å². The van der Waals surface area contributed by atoms with Gasteiger partial charge in [0.05, 0.1) is 6.26 Å². The van der Waals surface area contributed by atoms with Crippen LogP contribution in [0.15, 0.2) is 28.9 Å². The molecule has 1 N–H and O–H groups in total. The number of carbonyl (C=O) groups is 1. The van der Waals surface area contributed by atoms with Crippen LogP contribution in [0, 0.1) is 11.6 Å². The van der Waals surface area contributed by atoms with Crippen LogP contribution in [0.25, 0.3) is 11.3 Å². The van der Waals surface area contributed by atoms with Crippen LogP contribution in [0.1, 0.15) is 22.8 Å². The van der Waals surface area contributed by atoms with Crippen molar-refractivity contribution < 1.29 is 23.1 Å². The Balaban J connectivity index is 2.60. The highest BCUT2D eigenvalue weighted by Gasteiger charge is 2.21. The van der Waals surface area contributed by atoms with E-state index in [9.17, 15) is 13.6 Å². The molecule has 94 valence electrons. The molecule has 5 heteroatoms. The highest BCUT2D eigenvalue weighted by Crippen LogP contribution is 2.29. The maximum Gasteiger partial charge on any atom is 0.339 e. The zero-order chi connectivity index (χ0) is 13.3. The number of aromatic carboxylic acids is 1. The van der Waals surface area contributed by atoms with Crippen molar-refractivity contribution in [3.63, 3.8) is 0 Å². The summed E-state index contributed by atoms with van der Waals surface area (Å²) in [6, 6.07) is 3.13. The van der Waals surface area contributed by atoms with Crippen LogP contribution in [0.2, 0.25) is 0 Å². The van der Waals surface area contributed by atoms with Gasteiger partial charge in [0.1, 0.15) is 11.3 Å². The zero-order valence-corrected chi connectivity index (χ0v) is 9.54. The average molecular weight is 252 g/mol. The molecule has 0 unspecified atom stereocenters. The number of carboxylic acid groups (broad SMARTS) is 1. The van der Waals surface area contributed by atoms with Gasteiger partial charge in [-0.25, -0.2) is 13.6 Å². The van der Waals surface area contributed by atoms with Crippen LogP contribution >= 0.6 is 0 Å². The molecule has 1 aromatic carbocycles. The maximum atomic E-state index is 13.1. The molecule has 0 fully saturated rings. The molecule has 2 rings (SSSR count). The molecule has 1 aromatic heterocycles. The van der Waals surface area contributed by atoms with Crippen molar-refractivity contribution in [1.82, 2.24) is 0 Å². The lowest BCUT2D eigenvalue weighted by atomic mass is 10.0. The van der Waals surface area contributed by atoms with Crippen LogP contribution < -0.4 is 0 Å². The first-order valence-electron chi connectivity index (χ1n) is 5.33. The standard InChI is InChI=1S/C13H10F2O3/c1-2-7-6-18-12(11(7)13(16)17)8-3-4-9(14)10(15)5-8/h3-6H,2H2,1H3,(H,16,17). The van der Waals surface area contributed by atoms with Crippen molar-refractivity contribution in [3.8, 4) is 11.3 Å². The summed E-state index contributed by atoms with van der Waals surface area (Å²) in [4.78, 5) is 11.2. The second-order valence-corrected chi connectivity index (χ2v) is 3.75. The van der Waals surface area contributed by atoms with Gasteiger partial charge in [-0.15, -0.1) is 0 Å². The zero-order valence-electron chi connectivity index (χ0n) is 9.54. The molecule has 0 bridgehead atoms. The van der Waals surface area contributed by atoms with E-state index >= 15 is 0 Å². The number of hydrogen-bond donors (Lipinski definition) is 1. The fourth-order valence-electron chi connectivity index (χ4n) is 1.74. The lowest BCUT2D eigenvalue weighted by molar-refractivity contribution is 0.0696. The Bertz CT molecular complexity index is 602. The number of furan rings is 1. The van der Waals surface area contributed by atoms with Gasteiger partial charge < -0.3 is 9.52 Å². The molecule has 0 aliphatic heterocycles. The van der Waals surface area contributed by atoms with Crippen molar-refractivity contribution in [2.75, 3.05) is 0 Å². The minimum Gasteiger partial charge on any atom is -0.478 e. The van der Waals surface area contributed by atoms with Gasteiger partial charge in [-0.2, -0.15) is 0 Å². The maximum absolute atomic E-state index is 13.1. The van der Waals surface area contributed by atoms with Crippen LogP contribution in [0.5, 0.6) is 0 Å². The fourth-order valence-corrected chi connectivity index (χ4v) is 1.74. The molecule has 0 atom stereocenters. The highest BCUT2D eigenvalue weighted by molar-refractivity contribution is 5.96. The van der Waals surface area contributed by atoms with E-state index in [-0.39, 0.29) is 16.9 Å². The monoisotopic (exact) mass is 252 g/mol. The fraction of sp³-hybridized carbons (Fsp3) is 0.154. The van der Waals surface area contributed by atoms with Gasteiger partial charge in [0.2, 0.25) is 0 Å². The van der Waals surface area contributed by atoms with Gasteiger partial charge in [0, 0.05) is 11.1 Å². The molecular formula is C13H10F2O3. The number of benzene rings is 1. The Labute approximate surface area is 102 Å². The van der Waals surface area contributed by atoms with E-state index in [2.05, 4.69) is 0 Å². The van der Waals surface area contributed by atoms with Crippen LogP contribution in [0.3, 0.4) is 0 Å². The lowest BCUT2D eigenvalue weighted by Gasteiger charge is -2.01. The number of aryl methyl sites for hydroxylation is 1. The molecule has 0 saturated heterocycles. The first kappa shape index (κ1) is 12.3. The predicted octanol–water partition coefficient (Wildman–Crippen LogP) is 3.49. The van der Waals surface area contributed by atoms with Gasteiger partial charge in [-0.1, -0.05) is 6.92 Å². The second-order valence-electron chi connectivity index (χ2n) is 3.75. The average Bonchev–Trinajstić information content (AvgIpc) is 2.76. The van der Waals surface area contributed by atoms with Crippen LogP contribution in [0.4, 0.5) is 8.78 Å². The summed E-state index contributed by atoms with van der Waals surface area (Å²) in [6.07, 6.45) is 1.80. The summed E-state index contributed by atoms with van der Waals surface area (Å²) in [7, 11) is 0. The largest absolute Gasteiger partial charge is 0.478 e. The molecule has 0 aliphatic carbocycles. The second kappa shape index (κ2) is 4.60. The summed E-state index contributed by atoms with van der Waals surface area (Å²) in [5.74, 6) is -3.14. The van der Waals surface area contributed by atoms with Gasteiger partial charge in [-0.05, 0) is 24.6 Å². The summed E-state index contributed by atoms with van der Waals surface area (Å²) in [5.41, 5.74) is 0.705. The number of carboxylic acids is 1. The van der Waals surface area contributed by atoms with Gasteiger partial charge in [0.15, 0.2) is 11.6 Å². The smallest absolute Gasteiger partial charge is 0.339 e. The topological polar surface area (TPSA) is 50.4 Å². The molecular weight excluding hydrogens is 242 g/mol. The van der Waals surface area contributed by atoms with Gasteiger partial charge >= 0.3 is 5.97 Å². The van der Waals surface area contributed by atoms with Crippen molar-refractivity contribution in [1.29, 1.82) is 0 Å². The Kier molecular flexibility index (Phi) is 3.14. The Morgan fingerprint density at radius 3 is 2.61 bits per heavy atom. The van der Waals surface area contributed by atoms with Crippen molar-refractivity contribution in [2.45, 2.75) is 13.3 Å². The summed E-state index contributed by atoms with van der Waals surface area (Å²) >= 11 is 0. The summed E-state index contributed by atoms with van der Waals surface area (Å²) in [6.45, 7) is 1.78. The first-order valence-corrected chi connectivity index (χ1v) is 5.33. The third kappa shape index (κ3) is 1.99. The first-order chi connectivity index (χ1) is 8.54. The normalized spacial score (nSPS) is 10.6. The van der Waals surface area contributed by atoms with Gasteiger partial charge in [0.25, 0.3) is 0 Å². The molecule has 0 spiro atoms. The van der Waals surface area contributed by atoms with E-state index in [4.69, 9.17) is 9.52 Å².